The molecule has 0 aliphatic carbocycles. The largest absolute Gasteiger partial charge is 0.341 e. The lowest BCUT2D eigenvalue weighted by Crippen LogP contribution is -2.39. The molecule has 2 aliphatic heterocycles. The fraction of sp³-hybridized carbons (Fsp3) is 0.462. The van der Waals surface area contributed by atoms with Crippen molar-refractivity contribution in [1.29, 1.82) is 0 Å². The van der Waals surface area contributed by atoms with Crippen LogP contribution in [0.2, 0.25) is 0 Å². The first-order valence-corrected chi connectivity index (χ1v) is 7.83. The fourth-order valence-electron chi connectivity index (χ4n) is 3.35. The number of carbonyl (C=O) groups excluding carboxylic acids is 1. The number of hydrogen-bond acceptors (Lipinski definition) is 7. The van der Waals surface area contributed by atoms with Gasteiger partial charge >= 0.3 is 0 Å². The van der Waals surface area contributed by atoms with Gasteiger partial charge in [-0.15, -0.1) is 10.2 Å². The van der Waals surface area contributed by atoms with Crippen LogP contribution in [0.1, 0.15) is 23.2 Å². The molecule has 2 aromatic heterocycles. The lowest BCUT2D eigenvalue weighted by molar-refractivity contribution is 0.0737. The topological polar surface area (TPSA) is 75.1 Å². The van der Waals surface area contributed by atoms with E-state index in [9.17, 15) is 4.79 Å². The maximum Gasteiger partial charge on any atom is 0.255 e. The summed E-state index contributed by atoms with van der Waals surface area (Å²) in [5, 5.41) is 16.6. The zero-order chi connectivity index (χ0) is 14.2. The van der Waals surface area contributed by atoms with Crippen molar-refractivity contribution in [3.8, 4) is 0 Å². The predicted molar refractivity (Wildman–Crippen MR) is 77.1 cm³/mol. The third kappa shape index (κ3) is 2.06. The molecule has 0 spiro atoms. The van der Waals surface area contributed by atoms with E-state index in [1.807, 2.05) is 4.90 Å². The lowest BCUT2D eigenvalue weighted by atomic mass is 10.1. The van der Waals surface area contributed by atoms with Crippen LogP contribution in [0, 0.1) is 0 Å². The first-order chi connectivity index (χ1) is 10.3. The van der Waals surface area contributed by atoms with Gasteiger partial charge in [-0.1, -0.05) is 11.3 Å². The molecule has 0 saturated carbocycles. The minimum absolute atomic E-state index is 0.0523. The summed E-state index contributed by atoms with van der Waals surface area (Å²) in [6.07, 6.45) is 5.05. The Hall–Kier alpha value is -2.09. The Morgan fingerprint density at radius 2 is 2.10 bits per heavy atom. The Labute approximate surface area is 125 Å². The van der Waals surface area contributed by atoms with Gasteiger partial charge in [-0.25, -0.2) is 0 Å². The summed E-state index contributed by atoms with van der Waals surface area (Å²) in [7, 11) is 0. The molecule has 4 rings (SSSR count). The first-order valence-electron chi connectivity index (χ1n) is 6.95. The Kier molecular flexibility index (Phi) is 3.03. The van der Waals surface area contributed by atoms with Gasteiger partial charge in [0.15, 0.2) is 0 Å². The van der Waals surface area contributed by atoms with Crippen LogP contribution in [-0.2, 0) is 0 Å². The van der Waals surface area contributed by atoms with E-state index in [2.05, 4.69) is 25.3 Å². The summed E-state index contributed by atoms with van der Waals surface area (Å²) in [4.78, 5) is 16.9. The lowest BCUT2D eigenvalue weighted by Gasteiger charge is -2.25. The molecule has 2 saturated heterocycles. The maximum atomic E-state index is 12.6. The fourth-order valence-corrected chi connectivity index (χ4v) is 4.00. The molecule has 2 aromatic rings. The smallest absolute Gasteiger partial charge is 0.255 e. The average molecular weight is 302 g/mol. The Balaban J connectivity index is 1.55. The van der Waals surface area contributed by atoms with Gasteiger partial charge in [0.25, 0.3) is 5.91 Å². The summed E-state index contributed by atoms with van der Waals surface area (Å²) in [6, 6.07) is 2.34. The number of nitrogens with zero attached hydrogens (tertiary/aromatic N) is 6. The van der Waals surface area contributed by atoms with Crippen molar-refractivity contribution in [1.82, 2.24) is 25.3 Å². The van der Waals surface area contributed by atoms with Crippen molar-refractivity contribution < 1.29 is 4.79 Å². The molecule has 0 N–H and O–H groups in total. The number of hydrogen-bond donors (Lipinski definition) is 0. The molecule has 0 aromatic carbocycles. The van der Waals surface area contributed by atoms with Crippen molar-refractivity contribution in [3.05, 3.63) is 29.5 Å². The molecule has 4 heterocycles. The van der Waals surface area contributed by atoms with Crippen LogP contribution >= 0.6 is 11.3 Å². The van der Waals surface area contributed by atoms with E-state index >= 15 is 0 Å². The maximum absolute atomic E-state index is 12.6. The number of carbonyl (C=O) groups is 1. The van der Waals surface area contributed by atoms with Gasteiger partial charge in [0.1, 0.15) is 5.51 Å². The Morgan fingerprint density at radius 1 is 1.19 bits per heavy atom. The molecule has 2 atom stereocenters. The van der Waals surface area contributed by atoms with E-state index in [-0.39, 0.29) is 11.9 Å². The van der Waals surface area contributed by atoms with Crippen LogP contribution in [0.5, 0.6) is 0 Å². The molecule has 2 aliphatic rings. The summed E-state index contributed by atoms with van der Waals surface area (Å²) in [5.41, 5.74) is 2.36. The Bertz CT molecular complexity index is 633. The van der Waals surface area contributed by atoms with Crippen LogP contribution in [-0.4, -0.2) is 56.4 Å². The van der Waals surface area contributed by atoms with Crippen molar-refractivity contribution in [2.24, 2.45) is 0 Å². The number of fused-ring (bicyclic) bond motifs is 1. The van der Waals surface area contributed by atoms with Crippen molar-refractivity contribution in [3.63, 3.8) is 0 Å². The molecule has 0 radical (unpaired) electrons. The highest BCUT2D eigenvalue weighted by molar-refractivity contribution is 7.13. The van der Waals surface area contributed by atoms with Crippen LogP contribution in [0.3, 0.4) is 0 Å². The summed E-state index contributed by atoms with van der Waals surface area (Å²) in [5.74, 6) is 0.0523. The number of anilines is 1. The van der Waals surface area contributed by atoms with Crippen LogP contribution in [0.4, 0.5) is 5.13 Å². The summed E-state index contributed by atoms with van der Waals surface area (Å²) in [6.45, 7) is 1.72. The highest BCUT2D eigenvalue weighted by Gasteiger charge is 2.45. The van der Waals surface area contributed by atoms with E-state index in [1.54, 1.807) is 29.1 Å². The molecular weight excluding hydrogens is 288 g/mol. The minimum atomic E-state index is 0.0523. The quantitative estimate of drug-likeness (QED) is 0.817. The number of likely N-dealkylation sites (tertiary alicyclic amines) is 1. The van der Waals surface area contributed by atoms with Crippen molar-refractivity contribution in [2.45, 2.75) is 24.9 Å². The normalized spacial score (nSPS) is 24.4. The van der Waals surface area contributed by atoms with Crippen LogP contribution < -0.4 is 4.90 Å². The molecule has 108 valence electrons. The van der Waals surface area contributed by atoms with Crippen LogP contribution in [0.25, 0.3) is 0 Å². The van der Waals surface area contributed by atoms with E-state index < -0.39 is 0 Å². The van der Waals surface area contributed by atoms with E-state index in [0.717, 1.165) is 31.1 Å². The zero-order valence-corrected chi connectivity index (χ0v) is 12.1. The molecule has 1 amide bonds. The zero-order valence-electron chi connectivity index (χ0n) is 11.3. The van der Waals surface area contributed by atoms with Gasteiger partial charge in [0.2, 0.25) is 5.13 Å². The molecule has 8 heteroatoms. The third-order valence-corrected chi connectivity index (χ3v) is 4.99. The van der Waals surface area contributed by atoms with Gasteiger partial charge in [-0.3, -0.25) is 4.79 Å². The second kappa shape index (κ2) is 5.03. The molecule has 7 nitrogen and oxygen atoms in total. The van der Waals surface area contributed by atoms with E-state index in [1.165, 1.54) is 6.20 Å². The minimum Gasteiger partial charge on any atom is -0.341 e. The van der Waals surface area contributed by atoms with Crippen molar-refractivity contribution in [2.75, 3.05) is 18.0 Å². The second-order valence-corrected chi connectivity index (χ2v) is 6.07. The summed E-state index contributed by atoms with van der Waals surface area (Å²) >= 11 is 1.56. The highest BCUT2D eigenvalue weighted by atomic mass is 32.1. The van der Waals surface area contributed by atoms with Gasteiger partial charge in [0, 0.05) is 13.1 Å². The Morgan fingerprint density at radius 3 is 2.86 bits per heavy atom. The van der Waals surface area contributed by atoms with Gasteiger partial charge in [-0.05, 0) is 18.9 Å². The summed E-state index contributed by atoms with van der Waals surface area (Å²) < 4.78 is 0. The first kappa shape index (κ1) is 12.6. The molecule has 21 heavy (non-hydrogen) atoms. The average Bonchev–Trinajstić information content (AvgIpc) is 3.24. The molecule has 0 unspecified atom stereocenters. The number of rotatable bonds is 2. The van der Waals surface area contributed by atoms with E-state index in [4.69, 9.17) is 0 Å². The molecule has 2 fully saturated rings. The predicted octanol–water partition coefficient (Wildman–Crippen LogP) is 0.821. The van der Waals surface area contributed by atoms with E-state index in [0.29, 0.717) is 11.6 Å². The van der Waals surface area contributed by atoms with Gasteiger partial charge in [0.05, 0.1) is 30.0 Å². The monoisotopic (exact) mass is 302 g/mol. The highest BCUT2D eigenvalue weighted by Crippen LogP contribution is 2.36. The van der Waals surface area contributed by atoms with Crippen molar-refractivity contribution >= 4 is 22.4 Å². The third-order valence-electron chi connectivity index (χ3n) is 4.26. The molecular formula is C13H14N6OS. The van der Waals surface area contributed by atoms with Gasteiger partial charge < -0.3 is 9.80 Å². The van der Waals surface area contributed by atoms with Gasteiger partial charge in [-0.2, -0.15) is 10.2 Å². The van der Waals surface area contributed by atoms with Crippen LogP contribution in [0.15, 0.2) is 24.0 Å². The SMILES string of the molecule is O=C(c1ccnnc1)N1CC[C@H]2[C@H]1CCN2c1nncs1. The molecule has 0 bridgehead atoms. The number of aromatic nitrogens is 4. The number of amides is 1. The standard InChI is InChI=1S/C13H14N6OS/c20-12(9-1-4-14-15-7-9)18-5-2-11-10(18)3-6-19(11)13-17-16-8-21-13/h1,4,7-8,10-11H,2-3,5-6H2/t10-,11+/m1/s1. The second-order valence-electron chi connectivity index (χ2n) is 5.26.